The third-order valence-electron chi connectivity index (χ3n) is 3.35. The van der Waals surface area contributed by atoms with E-state index in [-0.39, 0.29) is 0 Å². The maximum Gasteiger partial charge on any atom is 0.492 e. The molecule has 2 N–H and O–H groups in total. The van der Waals surface area contributed by atoms with E-state index in [1.165, 1.54) is 0 Å². The Morgan fingerprint density at radius 2 is 1.79 bits per heavy atom. The molecule has 0 aliphatic heterocycles. The number of ether oxygens (including phenoxy) is 1. The third kappa shape index (κ3) is 3.95. The predicted octanol–water partition coefficient (Wildman–Crippen LogP) is 1.71. The summed E-state index contributed by atoms with van der Waals surface area (Å²) in [5.74, 6) is 0.627. The average Bonchev–Trinajstić information content (AvgIpc) is 2.27. The summed E-state index contributed by atoms with van der Waals surface area (Å²) < 4.78 is 11.4. The Morgan fingerprint density at radius 1 is 1.21 bits per heavy atom. The Kier molecular flexibility index (Phi) is 5.06. The maximum absolute atomic E-state index is 10.2. The Morgan fingerprint density at radius 3 is 2.26 bits per heavy atom. The standard InChI is InChI=1S/C13H20BBrO4/c1-12(2,16)13(3,4)19-14(17)10-8-9(18-5)6-7-11(10)15/h6-8,16-17H,1-5H3. The summed E-state index contributed by atoms with van der Waals surface area (Å²) in [5.41, 5.74) is -1.44. The Hall–Kier alpha value is -0.555. The van der Waals surface area contributed by atoms with E-state index in [0.717, 1.165) is 0 Å². The molecule has 19 heavy (non-hydrogen) atoms. The van der Waals surface area contributed by atoms with Crippen molar-refractivity contribution in [1.82, 2.24) is 0 Å². The molecule has 1 aromatic carbocycles. The summed E-state index contributed by atoms with van der Waals surface area (Å²) in [4.78, 5) is 0. The molecule has 0 saturated heterocycles. The second-order valence-electron chi connectivity index (χ2n) is 5.43. The molecule has 0 unspecified atom stereocenters. The highest BCUT2D eigenvalue weighted by Gasteiger charge is 2.40. The molecule has 0 atom stereocenters. The van der Waals surface area contributed by atoms with Crippen molar-refractivity contribution in [3.8, 4) is 5.75 Å². The van der Waals surface area contributed by atoms with Crippen molar-refractivity contribution in [3.63, 3.8) is 0 Å². The lowest BCUT2D eigenvalue weighted by atomic mass is 9.76. The van der Waals surface area contributed by atoms with Gasteiger partial charge in [0.05, 0.1) is 18.3 Å². The van der Waals surface area contributed by atoms with Crippen LogP contribution in [0.4, 0.5) is 0 Å². The van der Waals surface area contributed by atoms with Gasteiger partial charge in [-0.05, 0) is 45.9 Å². The lowest BCUT2D eigenvalue weighted by molar-refractivity contribution is -0.0982. The van der Waals surface area contributed by atoms with Crippen LogP contribution in [0.15, 0.2) is 22.7 Å². The minimum absolute atomic E-state index is 0.552. The Balaban J connectivity index is 2.98. The van der Waals surface area contributed by atoms with Gasteiger partial charge in [-0.1, -0.05) is 15.9 Å². The van der Waals surface area contributed by atoms with Crippen LogP contribution in [0.5, 0.6) is 5.75 Å². The Bertz CT molecular complexity index is 443. The molecule has 0 aliphatic rings. The van der Waals surface area contributed by atoms with Gasteiger partial charge < -0.3 is 19.5 Å². The number of halogens is 1. The van der Waals surface area contributed by atoms with Crippen LogP contribution >= 0.6 is 15.9 Å². The minimum Gasteiger partial charge on any atom is -0.497 e. The van der Waals surface area contributed by atoms with Crippen LogP contribution in [0, 0.1) is 0 Å². The molecule has 6 heteroatoms. The number of hydrogen-bond donors (Lipinski definition) is 2. The zero-order valence-corrected chi connectivity index (χ0v) is 13.5. The number of benzene rings is 1. The van der Waals surface area contributed by atoms with Gasteiger partial charge in [0.15, 0.2) is 0 Å². The number of aliphatic hydroxyl groups is 1. The molecular formula is C13H20BBrO4. The number of methoxy groups -OCH3 is 1. The van der Waals surface area contributed by atoms with Crippen LogP contribution in [-0.4, -0.2) is 35.6 Å². The highest BCUT2D eigenvalue weighted by molar-refractivity contribution is 9.10. The van der Waals surface area contributed by atoms with Crippen molar-refractivity contribution in [2.24, 2.45) is 0 Å². The van der Waals surface area contributed by atoms with E-state index >= 15 is 0 Å². The largest absolute Gasteiger partial charge is 0.497 e. The molecule has 0 aromatic heterocycles. The van der Waals surface area contributed by atoms with Gasteiger partial charge in [-0.3, -0.25) is 0 Å². The van der Waals surface area contributed by atoms with Gasteiger partial charge in [-0.15, -0.1) is 0 Å². The molecule has 0 spiro atoms. The Labute approximate surface area is 123 Å². The number of rotatable bonds is 5. The number of hydrogen-bond acceptors (Lipinski definition) is 4. The van der Waals surface area contributed by atoms with E-state index in [9.17, 15) is 10.1 Å². The van der Waals surface area contributed by atoms with Crippen molar-refractivity contribution >= 4 is 28.5 Å². The van der Waals surface area contributed by atoms with Crippen LogP contribution in [0.3, 0.4) is 0 Å². The van der Waals surface area contributed by atoms with Crippen LogP contribution < -0.4 is 10.2 Å². The zero-order valence-electron chi connectivity index (χ0n) is 11.9. The van der Waals surface area contributed by atoms with Gasteiger partial charge in [0.2, 0.25) is 0 Å². The molecule has 0 bridgehead atoms. The molecule has 1 aromatic rings. The van der Waals surface area contributed by atoms with Crippen molar-refractivity contribution in [1.29, 1.82) is 0 Å². The van der Waals surface area contributed by atoms with E-state index in [4.69, 9.17) is 9.39 Å². The highest BCUT2D eigenvalue weighted by atomic mass is 79.9. The second kappa shape index (κ2) is 5.83. The van der Waals surface area contributed by atoms with Crippen LogP contribution in [0.1, 0.15) is 27.7 Å². The van der Waals surface area contributed by atoms with Gasteiger partial charge in [0.1, 0.15) is 5.75 Å². The van der Waals surface area contributed by atoms with E-state index in [0.29, 0.717) is 15.7 Å². The first-order valence-corrected chi connectivity index (χ1v) is 6.79. The third-order valence-corrected chi connectivity index (χ3v) is 4.07. The fourth-order valence-corrected chi connectivity index (χ4v) is 1.77. The monoisotopic (exact) mass is 330 g/mol. The maximum atomic E-state index is 10.2. The molecule has 0 fully saturated rings. The van der Waals surface area contributed by atoms with Crippen LogP contribution in [0.2, 0.25) is 0 Å². The van der Waals surface area contributed by atoms with Crippen molar-refractivity contribution < 1.29 is 19.5 Å². The molecule has 1 rings (SSSR count). The predicted molar refractivity (Wildman–Crippen MR) is 79.8 cm³/mol. The smallest absolute Gasteiger partial charge is 0.492 e. The quantitative estimate of drug-likeness (QED) is 0.807. The van der Waals surface area contributed by atoms with Gasteiger partial charge in [0.25, 0.3) is 0 Å². The summed E-state index contributed by atoms with van der Waals surface area (Å²) in [5, 5.41) is 20.2. The summed E-state index contributed by atoms with van der Waals surface area (Å²) in [6.45, 7) is 6.73. The first-order chi connectivity index (χ1) is 8.58. The SMILES string of the molecule is COc1ccc(Br)c(B(O)OC(C)(C)C(C)(C)O)c1. The first kappa shape index (κ1) is 16.5. The average molecular weight is 331 g/mol. The molecular weight excluding hydrogens is 311 g/mol. The van der Waals surface area contributed by atoms with Crippen LogP contribution in [-0.2, 0) is 4.65 Å². The van der Waals surface area contributed by atoms with E-state index < -0.39 is 18.3 Å². The minimum atomic E-state index is -1.16. The lowest BCUT2D eigenvalue weighted by Gasteiger charge is -2.38. The molecule has 0 aliphatic carbocycles. The van der Waals surface area contributed by atoms with Gasteiger partial charge >= 0.3 is 7.12 Å². The summed E-state index contributed by atoms with van der Waals surface area (Å²) in [6, 6.07) is 5.24. The molecule has 0 amide bonds. The molecule has 4 nitrogen and oxygen atoms in total. The van der Waals surface area contributed by atoms with Gasteiger partial charge in [0, 0.05) is 9.94 Å². The summed E-state index contributed by atoms with van der Waals surface area (Å²) in [6.07, 6.45) is 0. The topological polar surface area (TPSA) is 58.9 Å². The van der Waals surface area contributed by atoms with E-state index in [1.807, 2.05) is 0 Å². The van der Waals surface area contributed by atoms with Crippen molar-refractivity contribution in [2.75, 3.05) is 7.11 Å². The fourth-order valence-electron chi connectivity index (χ4n) is 1.32. The lowest BCUT2D eigenvalue weighted by Crippen LogP contribution is -2.53. The fraction of sp³-hybridized carbons (Fsp3) is 0.538. The molecule has 106 valence electrons. The zero-order chi connectivity index (χ0) is 14.8. The summed E-state index contributed by atoms with van der Waals surface area (Å²) in [7, 11) is 0.395. The second-order valence-corrected chi connectivity index (χ2v) is 6.28. The molecule has 0 saturated carbocycles. The highest BCUT2D eigenvalue weighted by Crippen LogP contribution is 2.26. The van der Waals surface area contributed by atoms with E-state index in [2.05, 4.69) is 15.9 Å². The van der Waals surface area contributed by atoms with Crippen molar-refractivity contribution in [2.45, 2.75) is 38.9 Å². The molecule has 0 radical (unpaired) electrons. The first-order valence-electron chi connectivity index (χ1n) is 6.00. The van der Waals surface area contributed by atoms with E-state index in [1.54, 1.807) is 53.0 Å². The van der Waals surface area contributed by atoms with Gasteiger partial charge in [-0.25, -0.2) is 0 Å². The molecule has 0 heterocycles. The normalized spacial score (nSPS) is 12.4. The van der Waals surface area contributed by atoms with Gasteiger partial charge in [-0.2, -0.15) is 0 Å². The van der Waals surface area contributed by atoms with Crippen LogP contribution in [0.25, 0.3) is 0 Å². The van der Waals surface area contributed by atoms with Crippen molar-refractivity contribution in [3.05, 3.63) is 22.7 Å². The summed E-state index contributed by atoms with van der Waals surface area (Å²) >= 11 is 3.36.